The monoisotopic (exact) mass is 384 g/mol. The van der Waals surface area contributed by atoms with Crippen LogP contribution in [0, 0.1) is 12.8 Å². The van der Waals surface area contributed by atoms with Gasteiger partial charge in [-0.3, -0.25) is 19.5 Å². The number of Topliss-reactive ketones (excluding diaryl/α,β-unsaturated/α-hetero) is 1. The molecule has 0 radical (unpaired) electrons. The zero-order chi connectivity index (χ0) is 19.7. The molecule has 5 nitrogen and oxygen atoms in total. The number of benzene rings is 1. The summed E-state index contributed by atoms with van der Waals surface area (Å²) >= 11 is 6.25. The number of amides is 1. The first-order chi connectivity index (χ1) is 12.8. The maximum Gasteiger partial charge on any atom is 0.294 e. The van der Waals surface area contributed by atoms with Crippen LogP contribution < -0.4 is 4.90 Å². The summed E-state index contributed by atoms with van der Waals surface area (Å²) in [5.74, 6) is -1.23. The number of anilines is 1. The van der Waals surface area contributed by atoms with Crippen molar-refractivity contribution in [1.82, 2.24) is 4.98 Å². The van der Waals surface area contributed by atoms with Crippen LogP contribution in [0.5, 0.6) is 0 Å². The molecule has 140 valence electrons. The smallest absolute Gasteiger partial charge is 0.294 e. The number of halogens is 1. The van der Waals surface area contributed by atoms with Crippen LogP contribution in [0.4, 0.5) is 5.69 Å². The molecule has 1 amide bonds. The van der Waals surface area contributed by atoms with Crippen LogP contribution in [0.2, 0.25) is 5.02 Å². The van der Waals surface area contributed by atoms with E-state index in [0.29, 0.717) is 21.8 Å². The normalized spacial score (nSPS) is 17.1. The standard InChI is InChI=1S/C21H21ClN2O3/c1-12(2)11-17(25)18-19(14-7-9-23-10-8-14)24(21(27)20(18)26)16-6-4-5-15(22)13(16)3/h4-10,12,19,26H,11H2,1-3H3. The lowest BCUT2D eigenvalue weighted by molar-refractivity contribution is -0.118. The van der Waals surface area contributed by atoms with Gasteiger partial charge >= 0.3 is 0 Å². The van der Waals surface area contributed by atoms with Gasteiger partial charge in [-0.05, 0) is 48.2 Å². The topological polar surface area (TPSA) is 70.5 Å². The molecule has 3 rings (SSSR count). The molecular weight excluding hydrogens is 364 g/mol. The van der Waals surface area contributed by atoms with E-state index in [2.05, 4.69) is 4.98 Å². The Morgan fingerprint density at radius 1 is 1.26 bits per heavy atom. The van der Waals surface area contributed by atoms with E-state index in [0.717, 1.165) is 0 Å². The lowest BCUT2D eigenvalue weighted by atomic mass is 9.92. The first-order valence-corrected chi connectivity index (χ1v) is 9.15. The van der Waals surface area contributed by atoms with Gasteiger partial charge in [0.15, 0.2) is 11.5 Å². The number of nitrogens with zero attached hydrogens (tertiary/aromatic N) is 2. The summed E-state index contributed by atoms with van der Waals surface area (Å²) in [7, 11) is 0. The molecule has 0 saturated heterocycles. The molecule has 1 aromatic heterocycles. The van der Waals surface area contributed by atoms with Gasteiger partial charge in [-0.2, -0.15) is 0 Å². The first-order valence-electron chi connectivity index (χ1n) is 8.77. The number of carbonyl (C=O) groups is 2. The second kappa shape index (κ2) is 7.53. The second-order valence-corrected chi connectivity index (χ2v) is 7.43. The molecule has 6 heteroatoms. The summed E-state index contributed by atoms with van der Waals surface area (Å²) in [4.78, 5) is 31.3. The number of rotatable bonds is 5. The summed E-state index contributed by atoms with van der Waals surface area (Å²) in [6.45, 7) is 5.65. The Morgan fingerprint density at radius 3 is 2.56 bits per heavy atom. The van der Waals surface area contributed by atoms with Crippen molar-refractivity contribution in [2.75, 3.05) is 4.90 Å². The third-order valence-electron chi connectivity index (χ3n) is 4.62. The highest BCUT2D eigenvalue weighted by Crippen LogP contribution is 2.43. The Balaban J connectivity index is 2.18. The molecule has 0 fully saturated rings. The Kier molecular flexibility index (Phi) is 5.33. The third-order valence-corrected chi connectivity index (χ3v) is 5.03. The molecule has 1 unspecified atom stereocenters. The average Bonchev–Trinajstić information content (AvgIpc) is 2.89. The minimum absolute atomic E-state index is 0.105. The van der Waals surface area contributed by atoms with Gasteiger partial charge in [0.25, 0.3) is 5.91 Å². The van der Waals surface area contributed by atoms with Crippen LogP contribution >= 0.6 is 11.6 Å². The molecule has 1 atom stereocenters. The van der Waals surface area contributed by atoms with Crippen molar-refractivity contribution in [1.29, 1.82) is 0 Å². The van der Waals surface area contributed by atoms with Crippen molar-refractivity contribution in [3.8, 4) is 0 Å². The minimum Gasteiger partial charge on any atom is -0.503 e. The lowest BCUT2D eigenvalue weighted by Crippen LogP contribution is -2.31. The molecule has 0 saturated carbocycles. The van der Waals surface area contributed by atoms with E-state index in [4.69, 9.17) is 11.6 Å². The molecule has 1 aromatic carbocycles. The van der Waals surface area contributed by atoms with Crippen molar-refractivity contribution < 1.29 is 14.7 Å². The summed E-state index contributed by atoms with van der Waals surface area (Å²) in [6, 6.07) is 8.01. The number of aliphatic hydroxyl groups excluding tert-OH is 1. The van der Waals surface area contributed by atoms with Crippen LogP contribution in [0.15, 0.2) is 54.1 Å². The number of hydrogen-bond donors (Lipinski definition) is 1. The van der Waals surface area contributed by atoms with Crippen molar-refractivity contribution in [2.24, 2.45) is 5.92 Å². The van der Waals surface area contributed by atoms with E-state index in [-0.39, 0.29) is 23.7 Å². The van der Waals surface area contributed by atoms with Crippen molar-refractivity contribution in [3.05, 3.63) is 70.2 Å². The Bertz CT molecular complexity index is 922. The molecule has 0 bridgehead atoms. The van der Waals surface area contributed by atoms with Crippen LogP contribution in [0.3, 0.4) is 0 Å². The van der Waals surface area contributed by atoms with Gasteiger partial charge in [-0.1, -0.05) is 31.5 Å². The minimum atomic E-state index is -0.719. The number of carbonyl (C=O) groups excluding carboxylic acids is 2. The van der Waals surface area contributed by atoms with E-state index in [9.17, 15) is 14.7 Å². The van der Waals surface area contributed by atoms with Gasteiger partial charge in [0.2, 0.25) is 0 Å². The first kappa shape index (κ1) is 19.1. The number of ketones is 1. The maximum absolute atomic E-state index is 13.0. The third kappa shape index (κ3) is 3.47. The number of aliphatic hydroxyl groups is 1. The molecule has 0 spiro atoms. The number of pyridine rings is 1. The molecule has 2 heterocycles. The summed E-state index contributed by atoms with van der Waals surface area (Å²) < 4.78 is 0. The van der Waals surface area contributed by atoms with Crippen LogP contribution in [-0.4, -0.2) is 21.8 Å². The Labute approximate surface area is 163 Å². The van der Waals surface area contributed by atoms with Crippen molar-refractivity contribution >= 4 is 29.0 Å². The molecule has 27 heavy (non-hydrogen) atoms. The fraction of sp³-hybridized carbons (Fsp3) is 0.286. The molecule has 0 aliphatic carbocycles. The van der Waals surface area contributed by atoms with Gasteiger partial charge in [0.1, 0.15) is 0 Å². The zero-order valence-electron chi connectivity index (χ0n) is 15.4. The van der Waals surface area contributed by atoms with E-state index >= 15 is 0 Å². The molecular formula is C21H21ClN2O3. The number of hydrogen-bond acceptors (Lipinski definition) is 4. The Hall–Kier alpha value is -2.66. The van der Waals surface area contributed by atoms with Gasteiger partial charge < -0.3 is 5.11 Å². The SMILES string of the molecule is Cc1c(Cl)cccc1N1C(=O)C(O)=C(C(=O)CC(C)C)C1c1ccncc1. The molecule has 1 N–H and O–H groups in total. The fourth-order valence-electron chi connectivity index (χ4n) is 3.34. The number of aromatic nitrogens is 1. The highest BCUT2D eigenvalue weighted by atomic mass is 35.5. The summed E-state index contributed by atoms with van der Waals surface area (Å²) in [5, 5.41) is 11.1. The van der Waals surface area contributed by atoms with Gasteiger partial charge in [-0.25, -0.2) is 0 Å². The predicted octanol–water partition coefficient (Wildman–Crippen LogP) is 4.56. The van der Waals surface area contributed by atoms with Crippen molar-refractivity contribution in [2.45, 2.75) is 33.2 Å². The van der Waals surface area contributed by atoms with Gasteiger partial charge in [-0.15, -0.1) is 0 Å². The molecule has 2 aromatic rings. The van der Waals surface area contributed by atoms with Gasteiger partial charge in [0, 0.05) is 29.5 Å². The lowest BCUT2D eigenvalue weighted by Gasteiger charge is -2.28. The van der Waals surface area contributed by atoms with E-state index in [1.165, 1.54) is 4.90 Å². The van der Waals surface area contributed by atoms with Crippen LogP contribution in [0.25, 0.3) is 0 Å². The molecule has 1 aliphatic heterocycles. The average molecular weight is 385 g/mol. The fourth-order valence-corrected chi connectivity index (χ4v) is 3.51. The van der Waals surface area contributed by atoms with Gasteiger partial charge in [0.05, 0.1) is 11.6 Å². The summed E-state index contributed by atoms with van der Waals surface area (Å²) in [5.41, 5.74) is 2.10. The van der Waals surface area contributed by atoms with E-state index in [1.54, 1.807) is 49.6 Å². The maximum atomic E-state index is 13.0. The highest BCUT2D eigenvalue weighted by Gasteiger charge is 2.44. The quantitative estimate of drug-likeness (QED) is 0.820. The largest absolute Gasteiger partial charge is 0.503 e. The van der Waals surface area contributed by atoms with Crippen molar-refractivity contribution in [3.63, 3.8) is 0 Å². The van der Waals surface area contributed by atoms with Crippen LogP contribution in [-0.2, 0) is 9.59 Å². The van der Waals surface area contributed by atoms with E-state index < -0.39 is 17.7 Å². The zero-order valence-corrected chi connectivity index (χ0v) is 16.2. The van der Waals surface area contributed by atoms with Crippen LogP contribution in [0.1, 0.15) is 37.4 Å². The second-order valence-electron chi connectivity index (χ2n) is 7.03. The highest BCUT2D eigenvalue weighted by molar-refractivity contribution is 6.32. The molecule has 1 aliphatic rings. The summed E-state index contributed by atoms with van der Waals surface area (Å²) in [6.07, 6.45) is 3.45. The Morgan fingerprint density at radius 2 is 1.93 bits per heavy atom. The predicted molar refractivity (Wildman–Crippen MR) is 105 cm³/mol. The van der Waals surface area contributed by atoms with E-state index in [1.807, 2.05) is 13.8 Å².